The molecule has 30 heavy (non-hydrogen) atoms. The van der Waals surface area contributed by atoms with E-state index in [-0.39, 0.29) is 17.2 Å². The van der Waals surface area contributed by atoms with E-state index in [2.05, 4.69) is 15.3 Å². The van der Waals surface area contributed by atoms with Crippen LogP contribution in [0.1, 0.15) is 31.0 Å². The highest BCUT2D eigenvalue weighted by atomic mass is 32.2. The minimum atomic E-state index is -3.61. The number of nitrogens with one attached hydrogen (secondary N) is 2. The number of H-pyrrole nitrogens is 1. The maximum atomic E-state index is 13.0. The highest BCUT2D eigenvalue weighted by Gasteiger charge is 2.31. The van der Waals surface area contributed by atoms with E-state index in [0.717, 1.165) is 16.9 Å². The van der Waals surface area contributed by atoms with Crippen molar-refractivity contribution in [3.05, 3.63) is 54.4 Å². The summed E-state index contributed by atoms with van der Waals surface area (Å²) < 4.78 is 27.5. The van der Waals surface area contributed by atoms with E-state index >= 15 is 0 Å². The van der Waals surface area contributed by atoms with Gasteiger partial charge in [0, 0.05) is 24.7 Å². The Morgan fingerprint density at radius 2 is 1.87 bits per heavy atom. The minimum Gasteiger partial charge on any atom is -0.342 e. The number of para-hydroxylation sites is 2. The van der Waals surface area contributed by atoms with Gasteiger partial charge in [0.15, 0.2) is 0 Å². The number of anilines is 1. The molecule has 1 aliphatic heterocycles. The molecule has 0 radical (unpaired) electrons. The van der Waals surface area contributed by atoms with E-state index in [1.165, 1.54) is 28.6 Å². The third kappa shape index (κ3) is 4.06. The summed E-state index contributed by atoms with van der Waals surface area (Å²) >= 11 is 0. The van der Waals surface area contributed by atoms with Gasteiger partial charge in [-0.3, -0.25) is 4.79 Å². The number of imidazole rings is 1. The fraction of sp³-hybridized carbons (Fsp3) is 0.286. The molecule has 2 heterocycles. The lowest BCUT2D eigenvalue weighted by Crippen LogP contribution is -2.38. The summed E-state index contributed by atoms with van der Waals surface area (Å²) in [5, 5.41) is 11.1. The van der Waals surface area contributed by atoms with Gasteiger partial charge in [-0.25, -0.2) is 13.4 Å². The molecule has 0 saturated carbocycles. The average Bonchev–Trinajstić information content (AvgIpc) is 3.19. The molecule has 2 N–H and O–H groups in total. The van der Waals surface area contributed by atoms with E-state index < -0.39 is 15.9 Å². The number of aromatic nitrogens is 2. The number of carbonyl (C=O) groups is 1. The number of hydrogen-bond acceptors (Lipinski definition) is 5. The first-order valence-corrected chi connectivity index (χ1v) is 11.1. The molecular weight excluding hydrogens is 402 g/mol. The van der Waals surface area contributed by atoms with Crippen LogP contribution >= 0.6 is 0 Å². The third-order valence-corrected chi connectivity index (χ3v) is 7.18. The zero-order valence-electron chi connectivity index (χ0n) is 16.2. The number of nitriles is 1. The van der Waals surface area contributed by atoms with Crippen LogP contribution in [0.25, 0.3) is 11.0 Å². The van der Waals surface area contributed by atoms with Crippen molar-refractivity contribution in [2.24, 2.45) is 0 Å². The molecule has 3 aromatic rings. The van der Waals surface area contributed by atoms with Crippen molar-refractivity contribution in [1.29, 1.82) is 5.26 Å². The van der Waals surface area contributed by atoms with E-state index in [1.54, 1.807) is 6.07 Å². The van der Waals surface area contributed by atoms with Crippen molar-refractivity contribution in [3.63, 3.8) is 0 Å². The van der Waals surface area contributed by atoms with Crippen molar-refractivity contribution >= 4 is 32.7 Å². The Bertz CT molecular complexity index is 1170. The number of piperidine rings is 1. The van der Waals surface area contributed by atoms with Crippen LogP contribution in [0.2, 0.25) is 0 Å². The average molecular weight is 423 g/mol. The summed E-state index contributed by atoms with van der Waals surface area (Å²) in [4.78, 5) is 19.7. The summed E-state index contributed by atoms with van der Waals surface area (Å²) in [5.41, 5.74) is 2.37. The Hall–Kier alpha value is -3.22. The summed E-state index contributed by atoms with van der Waals surface area (Å²) in [5.74, 6) is 0.674. The van der Waals surface area contributed by atoms with Crippen LogP contribution in [-0.4, -0.2) is 41.7 Å². The number of nitrogens with zero attached hydrogens (tertiary/aromatic N) is 3. The first-order chi connectivity index (χ1) is 14.5. The predicted octanol–water partition coefficient (Wildman–Crippen LogP) is 2.98. The molecule has 0 atom stereocenters. The molecule has 1 aromatic heterocycles. The van der Waals surface area contributed by atoms with Gasteiger partial charge in [0.1, 0.15) is 12.2 Å². The largest absolute Gasteiger partial charge is 0.342 e. The quantitative estimate of drug-likeness (QED) is 0.654. The van der Waals surface area contributed by atoms with Gasteiger partial charge in [-0.1, -0.05) is 12.1 Å². The van der Waals surface area contributed by atoms with Gasteiger partial charge >= 0.3 is 0 Å². The molecule has 8 nitrogen and oxygen atoms in total. The zero-order chi connectivity index (χ0) is 21.1. The van der Waals surface area contributed by atoms with E-state index in [0.29, 0.717) is 31.6 Å². The number of amides is 1. The number of fused-ring (bicyclic) bond motifs is 1. The van der Waals surface area contributed by atoms with Gasteiger partial charge in [-0.15, -0.1) is 0 Å². The van der Waals surface area contributed by atoms with Crippen LogP contribution < -0.4 is 5.32 Å². The van der Waals surface area contributed by atoms with Crippen LogP contribution in [-0.2, 0) is 14.8 Å². The lowest BCUT2D eigenvalue weighted by Gasteiger charge is -2.30. The third-order valence-electron chi connectivity index (χ3n) is 5.26. The lowest BCUT2D eigenvalue weighted by atomic mass is 9.97. The van der Waals surface area contributed by atoms with Gasteiger partial charge in [0.25, 0.3) is 0 Å². The fourth-order valence-electron chi connectivity index (χ4n) is 3.67. The number of aromatic amines is 1. The molecule has 4 rings (SSSR count). The minimum absolute atomic E-state index is 0.183. The smallest absolute Gasteiger partial charge is 0.243 e. The van der Waals surface area contributed by atoms with Gasteiger partial charge in [-0.05, 0) is 49.2 Å². The monoisotopic (exact) mass is 423 g/mol. The molecule has 1 aliphatic rings. The Morgan fingerprint density at radius 1 is 1.17 bits per heavy atom. The second-order valence-electron chi connectivity index (χ2n) is 7.22. The summed E-state index contributed by atoms with van der Waals surface area (Å²) in [6.07, 6.45) is 1.14. The standard InChI is InChI=1S/C21H21N5O3S/c22-12-9-20(27)23-16-5-7-17(8-6-16)30(28,29)26-13-10-15(11-14-26)21-24-18-3-1-2-4-19(18)25-21/h1-8,15H,9-11,13-14H2,(H,23,27)(H,24,25). The van der Waals surface area contributed by atoms with Gasteiger partial charge < -0.3 is 10.3 Å². The Balaban J connectivity index is 1.42. The fourth-order valence-corrected chi connectivity index (χ4v) is 5.14. The van der Waals surface area contributed by atoms with E-state index in [1.807, 2.05) is 24.3 Å². The SMILES string of the molecule is N#CCC(=O)Nc1ccc(S(=O)(=O)N2CCC(c3nc4ccccc4[nH]3)CC2)cc1. The molecular formula is C21H21N5O3S. The second-order valence-corrected chi connectivity index (χ2v) is 9.16. The molecule has 2 aromatic carbocycles. The Labute approximate surface area is 174 Å². The predicted molar refractivity (Wildman–Crippen MR) is 112 cm³/mol. The number of carbonyl (C=O) groups excluding carboxylic acids is 1. The van der Waals surface area contributed by atoms with Crippen molar-refractivity contribution in [1.82, 2.24) is 14.3 Å². The first kappa shape index (κ1) is 20.1. The van der Waals surface area contributed by atoms with Crippen LogP contribution in [0, 0.1) is 11.3 Å². The molecule has 0 unspecified atom stereocenters. The summed E-state index contributed by atoms with van der Waals surface area (Å²) in [7, 11) is -3.61. The van der Waals surface area contributed by atoms with Crippen LogP contribution in [0.5, 0.6) is 0 Å². The van der Waals surface area contributed by atoms with Crippen molar-refractivity contribution in [2.75, 3.05) is 18.4 Å². The highest BCUT2D eigenvalue weighted by molar-refractivity contribution is 7.89. The molecule has 0 aliphatic carbocycles. The molecule has 1 saturated heterocycles. The van der Waals surface area contributed by atoms with Crippen LogP contribution in [0.3, 0.4) is 0 Å². The molecule has 1 fully saturated rings. The van der Waals surface area contributed by atoms with Crippen molar-refractivity contribution in [2.45, 2.75) is 30.1 Å². The highest BCUT2D eigenvalue weighted by Crippen LogP contribution is 2.30. The number of sulfonamides is 1. The molecule has 0 bridgehead atoms. The normalized spacial score (nSPS) is 15.7. The number of hydrogen-bond donors (Lipinski definition) is 2. The lowest BCUT2D eigenvalue weighted by molar-refractivity contribution is -0.115. The zero-order valence-corrected chi connectivity index (χ0v) is 17.0. The Morgan fingerprint density at radius 3 is 2.53 bits per heavy atom. The maximum Gasteiger partial charge on any atom is 0.243 e. The van der Waals surface area contributed by atoms with E-state index in [9.17, 15) is 13.2 Å². The van der Waals surface area contributed by atoms with Crippen molar-refractivity contribution in [3.8, 4) is 6.07 Å². The molecule has 9 heteroatoms. The van der Waals surface area contributed by atoms with Gasteiger partial charge in [-0.2, -0.15) is 9.57 Å². The molecule has 1 amide bonds. The van der Waals surface area contributed by atoms with Gasteiger partial charge in [0.05, 0.1) is 22.0 Å². The number of benzene rings is 2. The van der Waals surface area contributed by atoms with E-state index in [4.69, 9.17) is 5.26 Å². The van der Waals surface area contributed by atoms with Crippen LogP contribution in [0.4, 0.5) is 5.69 Å². The molecule has 154 valence electrons. The summed E-state index contributed by atoms with van der Waals surface area (Å²) in [6, 6.07) is 15.6. The van der Waals surface area contributed by atoms with Crippen molar-refractivity contribution < 1.29 is 13.2 Å². The van der Waals surface area contributed by atoms with Crippen LogP contribution in [0.15, 0.2) is 53.4 Å². The van der Waals surface area contributed by atoms with Gasteiger partial charge in [0.2, 0.25) is 15.9 Å². The second kappa shape index (κ2) is 8.26. The number of rotatable bonds is 5. The summed E-state index contributed by atoms with van der Waals surface area (Å²) in [6.45, 7) is 0.843. The molecule has 0 spiro atoms. The topological polar surface area (TPSA) is 119 Å². The Kier molecular flexibility index (Phi) is 5.53. The maximum absolute atomic E-state index is 13.0. The first-order valence-electron chi connectivity index (χ1n) is 9.69.